The second-order valence-corrected chi connectivity index (χ2v) is 15.0. The van der Waals surface area contributed by atoms with Crippen molar-refractivity contribution in [1.82, 2.24) is 0 Å². The van der Waals surface area contributed by atoms with Gasteiger partial charge in [0.05, 0.1) is 50.6 Å². The van der Waals surface area contributed by atoms with Crippen LogP contribution < -0.4 is 43.4 Å². The fourth-order valence-electron chi connectivity index (χ4n) is 4.77. The van der Waals surface area contributed by atoms with Crippen molar-refractivity contribution in [1.29, 1.82) is 0 Å². The van der Waals surface area contributed by atoms with E-state index >= 15 is 0 Å². The maximum Gasteiger partial charge on any atom is 0.264 e. The normalized spacial score (nSPS) is 14.8. The summed E-state index contributed by atoms with van der Waals surface area (Å²) < 4.78 is 36.7. The van der Waals surface area contributed by atoms with Gasteiger partial charge in [0.15, 0.2) is 6.54 Å². The first-order chi connectivity index (χ1) is 18.3. The summed E-state index contributed by atoms with van der Waals surface area (Å²) in [6, 6.07) is 13.1. The first-order valence-electron chi connectivity index (χ1n) is 13.5. The summed E-state index contributed by atoms with van der Waals surface area (Å²) >= 11 is 3.56. The van der Waals surface area contributed by atoms with Crippen molar-refractivity contribution >= 4 is 55.2 Å². The largest absolute Gasteiger partial charge is 1.00 e. The Morgan fingerprint density at radius 1 is 1.05 bits per heavy atom. The van der Waals surface area contributed by atoms with Crippen LogP contribution in [0.1, 0.15) is 42.3 Å². The Kier molecular flexibility index (Phi) is 13.2. The molecule has 2 heterocycles. The Bertz CT molecular complexity index is 1530. The van der Waals surface area contributed by atoms with Crippen LogP contribution in [0.5, 0.6) is 0 Å². The van der Waals surface area contributed by atoms with Crippen molar-refractivity contribution in [3.8, 4) is 0 Å². The van der Waals surface area contributed by atoms with Gasteiger partial charge in [0.1, 0.15) is 4.70 Å². The summed E-state index contributed by atoms with van der Waals surface area (Å²) in [5.74, 6) is -0.243. The van der Waals surface area contributed by atoms with E-state index in [1.54, 1.807) is 11.8 Å². The molecule has 2 aromatic carbocycles. The summed E-state index contributed by atoms with van der Waals surface area (Å²) in [7, 11) is 2.73. The Morgan fingerprint density at radius 2 is 1.73 bits per heavy atom. The molecule has 41 heavy (non-hydrogen) atoms. The van der Waals surface area contributed by atoms with E-state index in [1.165, 1.54) is 31.3 Å². The zero-order valence-electron chi connectivity index (χ0n) is 24.7. The molecule has 0 atom stereocenters. The molecule has 1 aromatic heterocycles. The Balaban J connectivity index is 0.00000294. The van der Waals surface area contributed by atoms with Gasteiger partial charge in [-0.25, -0.2) is 0 Å². The Labute approximate surface area is 275 Å². The number of thiazole rings is 1. The SMILES string of the molecule is CCC(=Cc1sc2ccc(C)cc2[n+]1CCC[N+](C)(C)C)C=C1Sc2ccc(C)cc2N1CCCS(=O)(=O)O.[Br-].[Br-]. The van der Waals surface area contributed by atoms with Crippen molar-refractivity contribution in [3.63, 3.8) is 0 Å². The summed E-state index contributed by atoms with van der Waals surface area (Å²) in [5, 5.41) is 2.34. The number of nitrogens with zero attached hydrogens (tertiary/aromatic N) is 3. The van der Waals surface area contributed by atoms with Gasteiger partial charge in [0, 0.05) is 23.6 Å². The van der Waals surface area contributed by atoms with Crippen molar-refractivity contribution < 1.29 is 56.0 Å². The quantitative estimate of drug-likeness (QED) is 0.176. The molecular weight excluding hydrogens is 706 g/mol. The van der Waals surface area contributed by atoms with E-state index in [4.69, 9.17) is 0 Å². The summed E-state index contributed by atoms with van der Waals surface area (Å²) in [5.41, 5.74) is 6.05. The number of hydrogen-bond acceptors (Lipinski definition) is 5. The van der Waals surface area contributed by atoms with Gasteiger partial charge in [-0.05, 0) is 67.7 Å². The summed E-state index contributed by atoms with van der Waals surface area (Å²) in [6.45, 7) is 9.01. The predicted molar refractivity (Wildman–Crippen MR) is 166 cm³/mol. The maximum atomic E-state index is 11.4. The molecule has 0 radical (unpaired) electrons. The Hall–Kier alpha value is -1.21. The molecule has 3 aromatic rings. The highest BCUT2D eigenvalue weighted by molar-refractivity contribution is 8.03. The second kappa shape index (κ2) is 15.0. The molecule has 0 aliphatic carbocycles. The molecule has 0 saturated heterocycles. The first kappa shape index (κ1) is 36.0. The van der Waals surface area contributed by atoms with Crippen molar-refractivity contribution in [2.24, 2.45) is 0 Å². The van der Waals surface area contributed by atoms with E-state index in [0.29, 0.717) is 13.0 Å². The second-order valence-electron chi connectivity index (χ2n) is 11.4. The third kappa shape index (κ3) is 9.91. The molecule has 6 nitrogen and oxygen atoms in total. The molecule has 0 spiro atoms. The van der Waals surface area contributed by atoms with Crippen LogP contribution in [0.25, 0.3) is 16.3 Å². The number of thioether (sulfide) groups is 1. The van der Waals surface area contributed by atoms with Crippen LogP contribution >= 0.6 is 23.1 Å². The van der Waals surface area contributed by atoms with Crippen molar-refractivity contribution in [3.05, 3.63) is 69.2 Å². The number of fused-ring (bicyclic) bond motifs is 2. The molecule has 0 fully saturated rings. The van der Waals surface area contributed by atoms with E-state index in [0.717, 1.165) is 46.7 Å². The van der Waals surface area contributed by atoms with Crippen molar-refractivity contribution in [2.75, 3.05) is 44.9 Å². The van der Waals surface area contributed by atoms with E-state index < -0.39 is 10.1 Å². The lowest BCUT2D eigenvalue weighted by Gasteiger charge is -2.22. The number of hydrogen-bond donors (Lipinski definition) is 1. The average molecular weight is 748 g/mol. The standard InChI is InChI=1S/C30H40N3O3S3.2BrH/c1-7-24(20-29-31(14-8-16-33(4,5)6)25-18-22(2)10-12-27(25)37-29)21-30-32(15-9-17-39(34,35)36)26-19-23(3)11-13-28(26)38-30;;/h10-13,18-21H,7-9,14-17H2,1-6H3;2*1H/q+1;;/p-1. The number of benzene rings is 2. The van der Waals surface area contributed by atoms with Gasteiger partial charge in [-0.3, -0.25) is 4.55 Å². The lowest BCUT2D eigenvalue weighted by Crippen LogP contribution is -3.00. The van der Waals surface area contributed by atoms with Crippen molar-refractivity contribution in [2.45, 2.75) is 51.5 Å². The zero-order valence-corrected chi connectivity index (χ0v) is 30.3. The van der Waals surface area contributed by atoms with Gasteiger partial charge < -0.3 is 43.3 Å². The minimum Gasteiger partial charge on any atom is -1.00 e. The summed E-state index contributed by atoms with van der Waals surface area (Å²) in [4.78, 5) is 3.37. The topological polar surface area (TPSA) is 61.5 Å². The van der Waals surface area contributed by atoms with Crippen LogP contribution in [0.3, 0.4) is 0 Å². The number of aryl methyl sites for hydroxylation is 3. The number of rotatable bonds is 11. The van der Waals surface area contributed by atoms with Crippen LogP contribution in [-0.4, -0.2) is 57.4 Å². The first-order valence-corrected chi connectivity index (χ1v) is 16.7. The Morgan fingerprint density at radius 3 is 2.39 bits per heavy atom. The van der Waals surface area contributed by atoms with Crippen LogP contribution in [-0.2, 0) is 16.7 Å². The van der Waals surface area contributed by atoms with E-state index in [-0.39, 0.29) is 39.7 Å². The summed E-state index contributed by atoms with van der Waals surface area (Å²) in [6.07, 6.45) is 6.91. The molecule has 226 valence electrons. The number of anilines is 1. The van der Waals surface area contributed by atoms with Crippen LogP contribution in [0.4, 0.5) is 5.69 Å². The number of halogens is 2. The van der Waals surface area contributed by atoms with Crippen LogP contribution in [0, 0.1) is 13.8 Å². The predicted octanol–water partition coefficient (Wildman–Crippen LogP) is 0.435. The third-order valence-corrected chi connectivity index (χ3v) is 9.82. The lowest BCUT2D eigenvalue weighted by molar-refractivity contribution is -0.873. The molecule has 0 bridgehead atoms. The highest BCUT2D eigenvalue weighted by Crippen LogP contribution is 2.47. The monoisotopic (exact) mass is 745 g/mol. The number of quaternary nitrogens is 1. The van der Waals surface area contributed by atoms with Crippen LogP contribution in [0.2, 0.25) is 0 Å². The van der Waals surface area contributed by atoms with Gasteiger partial charge in [-0.1, -0.05) is 42.2 Å². The molecule has 0 saturated carbocycles. The molecule has 1 aliphatic heterocycles. The molecule has 1 aliphatic rings. The third-order valence-electron chi connectivity index (χ3n) is 6.79. The highest BCUT2D eigenvalue weighted by atomic mass is 79.9. The zero-order chi connectivity index (χ0) is 28.4. The molecule has 0 amide bonds. The minimum atomic E-state index is -3.99. The van der Waals surface area contributed by atoms with Gasteiger partial charge in [-0.2, -0.15) is 13.0 Å². The average Bonchev–Trinajstić information content (AvgIpc) is 3.34. The lowest BCUT2D eigenvalue weighted by atomic mass is 10.1. The fourth-order valence-corrected chi connectivity index (χ4v) is 7.55. The minimum absolute atomic E-state index is 0. The van der Waals surface area contributed by atoms with Crippen LogP contribution in [0.15, 0.2) is 58.0 Å². The number of allylic oxidation sites excluding steroid dienone is 2. The molecular formula is C30H41Br2N3O3S3. The molecule has 11 heteroatoms. The molecule has 4 rings (SSSR count). The van der Waals surface area contributed by atoms with E-state index in [9.17, 15) is 13.0 Å². The van der Waals surface area contributed by atoms with Gasteiger partial charge in [-0.15, -0.1) is 0 Å². The van der Waals surface area contributed by atoms with Gasteiger partial charge in [0.2, 0.25) is 5.52 Å². The fraction of sp³-hybridized carbons (Fsp3) is 0.433. The van der Waals surface area contributed by atoms with Gasteiger partial charge >= 0.3 is 0 Å². The van der Waals surface area contributed by atoms with E-state index in [2.05, 4.69) is 99.9 Å². The smallest absolute Gasteiger partial charge is 0.264 e. The maximum absolute atomic E-state index is 11.4. The molecule has 0 unspecified atom stereocenters. The molecule has 1 N–H and O–H groups in total. The van der Waals surface area contributed by atoms with E-state index in [1.807, 2.05) is 11.3 Å². The highest BCUT2D eigenvalue weighted by Gasteiger charge is 2.26. The van der Waals surface area contributed by atoms with Gasteiger partial charge in [0.25, 0.3) is 15.1 Å². The number of aromatic nitrogens is 1.